The van der Waals surface area contributed by atoms with Gasteiger partial charge in [0.1, 0.15) is 11.2 Å². The lowest BCUT2D eigenvalue weighted by Crippen LogP contribution is -2.11. The third-order valence-electron chi connectivity index (χ3n) is 11.2. The minimum Gasteiger partial charge on any atom is -0.456 e. The molecule has 0 fully saturated rings. The van der Waals surface area contributed by atoms with Gasteiger partial charge in [-0.05, 0) is 94.5 Å². The van der Waals surface area contributed by atoms with E-state index in [9.17, 15) is 0 Å². The molecule has 3 heteroatoms. The number of fused-ring (bicyclic) bond motifs is 6. The summed E-state index contributed by atoms with van der Waals surface area (Å²) in [6.45, 7) is 0. The van der Waals surface area contributed by atoms with Crippen LogP contribution in [-0.2, 0) is 0 Å². The normalized spacial score (nSPS) is 11.5. The number of para-hydroxylation sites is 5. The SMILES string of the molecule is c1ccc(N(c2ccc(-c3ccc(-c4ccc(-n5c6ccccc6c6ccccc65)cc4)cc3)cc2)c2ccccc2-c2cccc3oc4ccccc4c23)cc1. The van der Waals surface area contributed by atoms with Crippen molar-refractivity contribution in [3.05, 3.63) is 218 Å². The fourth-order valence-corrected chi connectivity index (χ4v) is 8.56. The standard InChI is InChI=1S/C54H36N2O/c1-2-13-41(14-3-1)55(49-20-8-6-17-46(49)47-19-12-24-53-54(47)48-18-7-11-23-52(48)57-53)42-33-29-39(30-34-42)37-25-27-38(28-26-37)40-31-35-43(36-32-40)56-50-21-9-4-15-44(50)45-16-5-10-22-51(45)56/h1-36H. The van der Waals surface area contributed by atoms with Crippen LogP contribution < -0.4 is 4.90 Å². The zero-order chi connectivity index (χ0) is 37.7. The third-order valence-corrected chi connectivity index (χ3v) is 11.2. The summed E-state index contributed by atoms with van der Waals surface area (Å²) in [7, 11) is 0. The number of anilines is 3. The first-order valence-electron chi connectivity index (χ1n) is 19.4. The predicted octanol–water partition coefficient (Wildman–Crippen LogP) is 15.2. The summed E-state index contributed by atoms with van der Waals surface area (Å²) >= 11 is 0. The number of nitrogens with zero attached hydrogens (tertiary/aromatic N) is 2. The van der Waals surface area contributed by atoms with E-state index in [4.69, 9.17) is 4.42 Å². The highest BCUT2D eigenvalue weighted by molar-refractivity contribution is 6.14. The van der Waals surface area contributed by atoms with Crippen LogP contribution in [0.15, 0.2) is 223 Å². The Kier molecular flexibility index (Phi) is 7.82. The van der Waals surface area contributed by atoms with Crippen LogP contribution in [0.5, 0.6) is 0 Å². The number of hydrogen-bond acceptors (Lipinski definition) is 2. The molecule has 0 spiro atoms. The van der Waals surface area contributed by atoms with Crippen LogP contribution in [0.2, 0.25) is 0 Å². The molecular weight excluding hydrogens is 693 g/mol. The van der Waals surface area contributed by atoms with E-state index in [-0.39, 0.29) is 0 Å². The number of benzene rings is 9. The van der Waals surface area contributed by atoms with Crippen molar-refractivity contribution in [1.82, 2.24) is 4.57 Å². The van der Waals surface area contributed by atoms with Crippen molar-refractivity contribution >= 4 is 60.8 Å². The average Bonchev–Trinajstić information content (AvgIpc) is 3.84. The van der Waals surface area contributed by atoms with E-state index in [0.29, 0.717) is 0 Å². The monoisotopic (exact) mass is 728 g/mol. The fourth-order valence-electron chi connectivity index (χ4n) is 8.56. The molecule has 9 aromatic carbocycles. The molecule has 0 aliphatic heterocycles. The van der Waals surface area contributed by atoms with Gasteiger partial charge >= 0.3 is 0 Å². The van der Waals surface area contributed by atoms with E-state index < -0.39 is 0 Å². The maximum absolute atomic E-state index is 6.30. The van der Waals surface area contributed by atoms with Crippen molar-refractivity contribution < 1.29 is 4.42 Å². The molecule has 0 N–H and O–H groups in total. The summed E-state index contributed by atoms with van der Waals surface area (Å²) < 4.78 is 8.66. The van der Waals surface area contributed by atoms with Gasteiger partial charge in [-0.15, -0.1) is 0 Å². The van der Waals surface area contributed by atoms with Crippen molar-refractivity contribution in [1.29, 1.82) is 0 Å². The van der Waals surface area contributed by atoms with Gasteiger partial charge in [0.25, 0.3) is 0 Å². The molecule has 0 radical (unpaired) electrons. The summed E-state index contributed by atoms with van der Waals surface area (Å²) in [4.78, 5) is 2.35. The first kappa shape index (κ1) is 32.8. The summed E-state index contributed by atoms with van der Waals surface area (Å²) in [5.41, 5.74) is 15.7. The van der Waals surface area contributed by atoms with E-state index in [1.807, 2.05) is 12.1 Å². The molecule has 0 aliphatic rings. The highest BCUT2D eigenvalue weighted by Crippen LogP contribution is 2.45. The molecule has 2 aromatic heterocycles. The van der Waals surface area contributed by atoms with Crippen molar-refractivity contribution in [3.8, 4) is 39.1 Å². The fraction of sp³-hybridized carbons (Fsp3) is 0. The lowest BCUT2D eigenvalue weighted by Gasteiger charge is -2.28. The van der Waals surface area contributed by atoms with Crippen molar-refractivity contribution in [2.45, 2.75) is 0 Å². The minimum atomic E-state index is 0.890. The average molecular weight is 729 g/mol. The Hall–Kier alpha value is -7.62. The molecule has 2 heterocycles. The van der Waals surface area contributed by atoms with Gasteiger partial charge in [-0.1, -0.05) is 152 Å². The second kappa shape index (κ2) is 13.6. The van der Waals surface area contributed by atoms with E-state index in [2.05, 4.69) is 216 Å². The highest BCUT2D eigenvalue weighted by atomic mass is 16.3. The van der Waals surface area contributed by atoms with E-state index in [1.54, 1.807) is 0 Å². The number of furan rings is 1. The molecule has 3 nitrogen and oxygen atoms in total. The molecule has 0 atom stereocenters. The Balaban J connectivity index is 0.917. The summed E-state index contributed by atoms with van der Waals surface area (Å²) in [5.74, 6) is 0. The van der Waals surface area contributed by atoms with Crippen LogP contribution in [0.25, 0.3) is 82.8 Å². The quantitative estimate of drug-likeness (QED) is 0.163. The molecule has 0 saturated heterocycles. The molecular formula is C54H36N2O. The first-order chi connectivity index (χ1) is 28.3. The van der Waals surface area contributed by atoms with Crippen LogP contribution >= 0.6 is 0 Å². The third kappa shape index (κ3) is 5.60. The van der Waals surface area contributed by atoms with Crippen LogP contribution in [0.4, 0.5) is 17.1 Å². The van der Waals surface area contributed by atoms with Crippen molar-refractivity contribution in [2.24, 2.45) is 0 Å². The van der Waals surface area contributed by atoms with Crippen LogP contribution in [0.1, 0.15) is 0 Å². The molecule has 0 aliphatic carbocycles. The Labute approximate surface area is 330 Å². The van der Waals surface area contributed by atoms with Crippen LogP contribution in [0, 0.1) is 0 Å². The van der Waals surface area contributed by atoms with Gasteiger partial charge in [-0.2, -0.15) is 0 Å². The van der Waals surface area contributed by atoms with Gasteiger partial charge in [-0.25, -0.2) is 0 Å². The van der Waals surface area contributed by atoms with E-state index >= 15 is 0 Å². The van der Waals surface area contributed by atoms with Gasteiger partial charge in [0.05, 0.1) is 16.7 Å². The zero-order valence-electron chi connectivity index (χ0n) is 31.1. The van der Waals surface area contributed by atoms with Crippen LogP contribution in [-0.4, -0.2) is 4.57 Å². The number of rotatable bonds is 7. The Morgan fingerprint density at radius 2 is 0.807 bits per heavy atom. The summed E-state index contributed by atoms with van der Waals surface area (Å²) in [6.07, 6.45) is 0. The number of hydrogen-bond donors (Lipinski definition) is 0. The van der Waals surface area contributed by atoms with Gasteiger partial charge in [0.2, 0.25) is 0 Å². The molecule has 0 amide bonds. The lowest BCUT2D eigenvalue weighted by molar-refractivity contribution is 0.669. The number of aromatic nitrogens is 1. The molecule has 57 heavy (non-hydrogen) atoms. The maximum atomic E-state index is 6.30. The van der Waals surface area contributed by atoms with Gasteiger partial charge in [-0.3, -0.25) is 0 Å². The molecule has 11 aromatic rings. The second-order valence-corrected chi connectivity index (χ2v) is 14.5. The van der Waals surface area contributed by atoms with Crippen LogP contribution in [0.3, 0.4) is 0 Å². The summed E-state index contributed by atoms with van der Waals surface area (Å²) in [6, 6.07) is 78.0. The Morgan fingerprint density at radius 1 is 0.333 bits per heavy atom. The van der Waals surface area contributed by atoms with Gasteiger partial charge in [0, 0.05) is 44.2 Å². The van der Waals surface area contributed by atoms with E-state index in [0.717, 1.165) is 55.8 Å². The topological polar surface area (TPSA) is 21.3 Å². The Bertz CT molecular complexity index is 3160. The molecule has 0 bridgehead atoms. The summed E-state index contributed by atoms with van der Waals surface area (Å²) in [5, 5.41) is 4.80. The first-order valence-corrected chi connectivity index (χ1v) is 19.4. The largest absolute Gasteiger partial charge is 0.456 e. The minimum absolute atomic E-state index is 0.890. The van der Waals surface area contributed by atoms with E-state index in [1.165, 1.54) is 44.1 Å². The highest BCUT2D eigenvalue weighted by Gasteiger charge is 2.20. The van der Waals surface area contributed by atoms with Gasteiger partial charge < -0.3 is 13.9 Å². The molecule has 0 unspecified atom stereocenters. The molecule has 11 rings (SSSR count). The maximum Gasteiger partial charge on any atom is 0.136 e. The van der Waals surface area contributed by atoms with Gasteiger partial charge in [0.15, 0.2) is 0 Å². The second-order valence-electron chi connectivity index (χ2n) is 14.5. The smallest absolute Gasteiger partial charge is 0.136 e. The molecule has 0 saturated carbocycles. The predicted molar refractivity (Wildman–Crippen MR) is 239 cm³/mol. The Morgan fingerprint density at radius 3 is 1.47 bits per heavy atom. The van der Waals surface area contributed by atoms with Crippen molar-refractivity contribution in [3.63, 3.8) is 0 Å². The molecule has 268 valence electrons. The van der Waals surface area contributed by atoms with Crippen molar-refractivity contribution in [2.75, 3.05) is 4.90 Å². The zero-order valence-corrected chi connectivity index (χ0v) is 31.1. The lowest BCUT2D eigenvalue weighted by atomic mass is 9.96.